The fourth-order valence-electron chi connectivity index (χ4n) is 6.28. The van der Waals surface area contributed by atoms with Gasteiger partial charge in [-0.3, -0.25) is 14.4 Å². The van der Waals surface area contributed by atoms with Crippen LogP contribution in [-0.2, 0) is 4.74 Å². The van der Waals surface area contributed by atoms with Gasteiger partial charge >= 0.3 is 11.7 Å². The minimum absolute atomic E-state index is 0.148. The third-order valence-corrected chi connectivity index (χ3v) is 8.83. The number of likely N-dealkylation sites (tertiary alicyclic amines) is 2. The second kappa shape index (κ2) is 13.5. The molecule has 0 saturated carbocycles. The van der Waals surface area contributed by atoms with E-state index < -0.39 is 23.2 Å². The summed E-state index contributed by atoms with van der Waals surface area (Å²) in [6.45, 7) is 9.78. The minimum atomic E-state index is -3.84. The quantitative estimate of drug-likeness (QED) is 0.308. The fourth-order valence-corrected chi connectivity index (χ4v) is 6.37. The first-order valence-corrected chi connectivity index (χ1v) is 16.5. The number of nitrogens with zero attached hydrogens (tertiary/aromatic N) is 6. The van der Waals surface area contributed by atoms with Crippen LogP contribution in [0.4, 0.5) is 25.1 Å². The van der Waals surface area contributed by atoms with Gasteiger partial charge in [0.1, 0.15) is 17.2 Å². The number of amides is 2. The Balaban J connectivity index is 1.12. The average Bonchev–Trinajstić information content (AvgIpc) is 3.65. The highest BCUT2D eigenvalue weighted by Gasteiger charge is 2.38. The van der Waals surface area contributed by atoms with E-state index >= 15 is 0 Å². The van der Waals surface area contributed by atoms with E-state index in [0.717, 1.165) is 31.5 Å². The van der Waals surface area contributed by atoms with Gasteiger partial charge in [0.25, 0.3) is 5.91 Å². The SMILES string of the molecule is CC(C)(C)OC(=O)N1CC(N2CCC(n3cc(-c4cc(C(=O)Nc5ccc(OC(F)(F)Cl)cc5)cnc4N4CC[C@@H](O)C4)cn3)CC2)C1. The summed E-state index contributed by atoms with van der Waals surface area (Å²) in [7, 11) is 0. The van der Waals surface area contributed by atoms with Gasteiger partial charge < -0.3 is 29.7 Å². The largest absolute Gasteiger partial charge is 0.487 e. The van der Waals surface area contributed by atoms with E-state index in [-0.39, 0.29) is 17.9 Å². The summed E-state index contributed by atoms with van der Waals surface area (Å²) < 4.78 is 37.7. The lowest BCUT2D eigenvalue weighted by molar-refractivity contribution is -0.0964. The third kappa shape index (κ3) is 8.16. The molecule has 3 aromatic rings. The zero-order valence-electron chi connectivity index (χ0n) is 27.1. The van der Waals surface area contributed by atoms with Gasteiger partial charge in [-0.1, -0.05) is 0 Å². The predicted octanol–water partition coefficient (Wildman–Crippen LogP) is 5.19. The average molecular weight is 688 g/mol. The molecule has 6 rings (SSSR count). The Morgan fingerprint density at radius 2 is 1.71 bits per heavy atom. The molecule has 5 heterocycles. The number of carbonyl (C=O) groups excluding carboxylic acids is 2. The minimum Gasteiger partial charge on any atom is -0.444 e. The number of anilines is 2. The molecule has 0 aliphatic carbocycles. The molecule has 15 heteroatoms. The zero-order chi connectivity index (χ0) is 34.2. The molecule has 1 aromatic carbocycles. The number of nitrogens with one attached hydrogen (secondary N) is 1. The lowest BCUT2D eigenvalue weighted by atomic mass is 10.00. The molecule has 3 aliphatic heterocycles. The third-order valence-electron chi connectivity index (χ3n) is 8.75. The Morgan fingerprint density at radius 1 is 1.00 bits per heavy atom. The van der Waals surface area contributed by atoms with Crippen molar-refractivity contribution in [1.29, 1.82) is 0 Å². The summed E-state index contributed by atoms with van der Waals surface area (Å²) >= 11 is 4.83. The first kappa shape index (κ1) is 33.9. The highest BCUT2D eigenvalue weighted by atomic mass is 35.5. The van der Waals surface area contributed by atoms with E-state index in [1.807, 2.05) is 36.5 Å². The molecule has 3 aliphatic rings. The van der Waals surface area contributed by atoms with Crippen LogP contribution in [0, 0.1) is 0 Å². The highest BCUT2D eigenvalue weighted by Crippen LogP contribution is 2.34. The molecule has 2 N–H and O–H groups in total. The summed E-state index contributed by atoms with van der Waals surface area (Å²) in [4.78, 5) is 36.4. The van der Waals surface area contributed by atoms with Gasteiger partial charge in [0.15, 0.2) is 0 Å². The van der Waals surface area contributed by atoms with Crippen LogP contribution in [0.3, 0.4) is 0 Å². The monoisotopic (exact) mass is 687 g/mol. The van der Waals surface area contributed by atoms with Crippen LogP contribution in [0.25, 0.3) is 11.1 Å². The number of piperidine rings is 1. The first-order valence-electron chi connectivity index (χ1n) is 16.1. The molecular formula is C33H40ClF2N7O5. The van der Waals surface area contributed by atoms with E-state index in [9.17, 15) is 23.5 Å². The number of aromatic nitrogens is 3. The number of alkyl halides is 3. The maximum Gasteiger partial charge on any atom is 0.487 e. The van der Waals surface area contributed by atoms with E-state index in [2.05, 4.69) is 19.9 Å². The number of halogens is 3. The summed E-state index contributed by atoms with van der Waals surface area (Å²) in [6.07, 6.45) is 6.93. The van der Waals surface area contributed by atoms with Crippen LogP contribution in [-0.4, -0.2) is 104 Å². The number of carbonyl (C=O) groups is 2. The molecule has 2 amide bonds. The van der Waals surface area contributed by atoms with Crippen LogP contribution >= 0.6 is 11.6 Å². The molecule has 0 spiro atoms. The summed E-state index contributed by atoms with van der Waals surface area (Å²) in [5.74, 6) is 0.0688. The molecule has 258 valence electrons. The van der Waals surface area contributed by atoms with Crippen LogP contribution in [0.5, 0.6) is 5.75 Å². The second-order valence-corrected chi connectivity index (χ2v) is 14.0. The van der Waals surface area contributed by atoms with Gasteiger partial charge in [-0.2, -0.15) is 5.10 Å². The molecule has 12 nitrogen and oxygen atoms in total. The van der Waals surface area contributed by atoms with Crippen molar-refractivity contribution in [3.63, 3.8) is 0 Å². The molecule has 0 radical (unpaired) electrons. The number of aliphatic hydroxyl groups is 1. The molecular weight excluding hydrogens is 648 g/mol. The smallest absolute Gasteiger partial charge is 0.444 e. The Bertz CT molecular complexity index is 1610. The summed E-state index contributed by atoms with van der Waals surface area (Å²) in [5, 5.41) is 17.7. The maximum absolute atomic E-state index is 13.3. The van der Waals surface area contributed by atoms with Crippen molar-refractivity contribution in [3.05, 3.63) is 54.5 Å². The highest BCUT2D eigenvalue weighted by molar-refractivity contribution is 6.20. The van der Waals surface area contributed by atoms with Crippen molar-refractivity contribution < 1.29 is 33.0 Å². The van der Waals surface area contributed by atoms with Gasteiger partial charge in [0, 0.05) is 86.1 Å². The molecule has 2 aromatic heterocycles. The van der Waals surface area contributed by atoms with E-state index in [1.165, 1.54) is 30.5 Å². The lowest BCUT2D eigenvalue weighted by Crippen LogP contribution is -2.62. The summed E-state index contributed by atoms with van der Waals surface area (Å²) in [5.41, 5.74) is -2.17. The topological polar surface area (TPSA) is 125 Å². The summed E-state index contributed by atoms with van der Waals surface area (Å²) in [6, 6.07) is 7.70. The van der Waals surface area contributed by atoms with Crippen molar-refractivity contribution in [3.8, 4) is 16.9 Å². The zero-order valence-corrected chi connectivity index (χ0v) is 27.9. The van der Waals surface area contributed by atoms with Crippen molar-refractivity contribution in [2.24, 2.45) is 0 Å². The molecule has 0 unspecified atom stereocenters. The maximum atomic E-state index is 13.3. The number of hydrogen-bond donors (Lipinski definition) is 2. The number of β-amino-alcohol motifs (C(OH)–C–C–N with tert-alkyl or cyclic N) is 1. The Hall–Kier alpha value is -4.01. The lowest BCUT2D eigenvalue weighted by Gasteiger charge is -2.47. The number of benzene rings is 1. The van der Waals surface area contributed by atoms with E-state index in [4.69, 9.17) is 21.4 Å². The Kier molecular flexibility index (Phi) is 9.51. The van der Waals surface area contributed by atoms with E-state index in [0.29, 0.717) is 61.3 Å². The van der Waals surface area contributed by atoms with E-state index in [1.54, 1.807) is 17.2 Å². The number of hydrogen-bond acceptors (Lipinski definition) is 9. The molecule has 48 heavy (non-hydrogen) atoms. The number of pyridine rings is 1. The van der Waals surface area contributed by atoms with Crippen molar-refractivity contribution in [2.75, 3.05) is 49.5 Å². The predicted molar refractivity (Wildman–Crippen MR) is 176 cm³/mol. The molecule has 1 atom stereocenters. The number of ether oxygens (including phenoxy) is 2. The van der Waals surface area contributed by atoms with Gasteiger partial charge in [-0.05, 0) is 70.4 Å². The molecule has 3 fully saturated rings. The molecule has 0 bridgehead atoms. The van der Waals surface area contributed by atoms with Crippen molar-refractivity contribution in [2.45, 2.75) is 69.4 Å². The van der Waals surface area contributed by atoms with Crippen LogP contribution in [0.2, 0.25) is 0 Å². The van der Waals surface area contributed by atoms with Gasteiger partial charge in [-0.25, -0.2) is 9.78 Å². The van der Waals surface area contributed by atoms with Gasteiger partial charge in [0.05, 0.1) is 23.9 Å². The Morgan fingerprint density at radius 3 is 2.33 bits per heavy atom. The number of aliphatic hydroxyl groups excluding tert-OH is 1. The molecule has 3 saturated heterocycles. The number of rotatable bonds is 8. The first-order chi connectivity index (χ1) is 22.7. The Labute approximate surface area is 282 Å². The van der Waals surface area contributed by atoms with Gasteiger partial charge in [0.2, 0.25) is 0 Å². The van der Waals surface area contributed by atoms with Crippen molar-refractivity contribution >= 4 is 35.1 Å². The fraction of sp³-hybridized carbons (Fsp3) is 0.515. The van der Waals surface area contributed by atoms with Crippen molar-refractivity contribution in [1.82, 2.24) is 24.6 Å². The van der Waals surface area contributed by atoms with Gasteiger partial charge in [-0.15, -0.1) is 8.78 Å². The van der Waals surface area contributed by atoms with Crippen LogP contribution in [0.1, 0.15) is 56.4 Å². The van der Waals surface area contributed by atoms with Crippen LogP contribution in [0.15, 0.2) is 48.9 Å². The van der Waals surface area contributed by atoms with Crippen LogP contribution < -0.4 is 15.0 Å². The second-order valence-electron chi connectivity index (χ2n) is 13.5. The standard InChI is InChI=1S/C33H40ClF2N7O5/c1-32(2,3)48-31(46)42-18-25(19-42)40-11-8-24(9-12-40)43-17-22(16-38-43)28-14-21(15-37-29(28)41-13-10-26(44)20-41)30(45)39-23-4-6-27(7-5-23)47-33(34,35)36/h4-7,14-17,24-26,44H,8-13,18-20H2,1-3H3,(H,39,45)/t26-/m1/s1. The normalized spacial score (nSPS) is 19.7.